The molecule has 1 fully saturated rings. The van der Waals surface area contributed by atoms with Gasteiger partial charge in [0.15, 0.2) is 0 Å². The van der Waals surface area contributed by atoms with Crippen molar-refractivity contribution in [3.63, 3.8) is 0 Å². The van der Waals surface area contributed by atoms with Crippen LogP contribution in [0.3, 0.4) is 0 Å². The van der Waals surface area contributed by atoms with Crippen LogP contribution in [0.15, 0.2) is 0 Å². The molecule has 15 heavy (non-hydrogen) atoms. The van der Waals surface area contributed by atoms with Crippen LogP contribution in [0.4, 0.5) is 0 Å². The Morgan fingerprint density at radius 1 is 1.33 bits per heavy atom. The number of rotatable bonds is 3. The van der Waals surface area contributed by atoms with Gasteiger partial charge < -0.3 is 0 Å². The van der Waals surface area contributed by atoms with Gasteiger partial charge in [-0.15, -0.1) is 0 Å². The maximum atomic E-state index is 11.3. The first-order chi connectivity index (χ1) is 6.93. The number of likely N-dealkylation sites (tertiary alicyclic amines) is 1. The number of nitrogens with zero attached hydrogens (tertiary/aromatic N) is 1. The second-order valence-corrected chi connectivity index (χ2v) is 6.04. The molecule has 0 amide bonds. The number of ketones is 1. The minimum atomic E-state index is 0.282. The molecule has 0 saturated carbocycles. The smallest absolute Gasteiger partial charge is 0.143 e. The molecule has 0 bridgehead atoms. The van der Waals surface area contributed by atoms with Crippen molar-refractivity contribution >= 4 is 21.7 Å². The van der Waals surface area contributed by atoms with Gasteiger partial charge in [0, 0.05) is 12.0 Å². The normalized spacial score (nSPS) is 20.5. The summed E-state index contributed by atoms with van der Waals surface area (Å²) in [6.45, 7) is 9.07. The van der Waals surface area contributed by atoms with E-state index in [2.05, 4.69) is 41.6 Å². The van der Waals surface area contributed by atoms with Gasteiger partial charge in [-0.2, -0.15) is 0 Å². The number of hydrogen-bond donors (Lipinski definition) is 0. The monoisotopic (exact) mass is 275 g/mol. The Hall–Kier alpha value is 0.110. The molecule has 1 aliphatic heterocycles. The molecule has 0 N–H and O–H groups in total. The molecule has 0 aromatic carbocycles. The van der Waals surface area contributed by atoms with Gasteiger partial charge in [-0.3, -0.25) is 9.69 Å². The zero-order chi connectivity index (χ0) is 11.5. The first kappa shape index (κ1) is 13.2. The van der Waals surface area contributed by atoms with Gasteiger partial charge >= 0.3 is 0 Å². The maximum absolute atomic E-state index is 11.3. The minimum absolute atomic E-state index is 0.282. The van der Waals surface area contributed by atoms with Gasteiger partial charge in [0.1, 0.15) is 5.78 Å². The van der Waals surface area contributed by atoms with E-state index in [0.29, 0.717) is 17.0 Å². The lowest BCUT2D eigenvalue weighted by atomic mass is 9.89. The van der Waals surface area contributed by atoms with Gasteiger partial charge in [-0.05, 0) is 52.6 Å². The standard InChI is InChI=1S/C12H22BrNO/c1-12(2,3)14-6-4-10(5-7-14)8-11(15)9-13/h10H,4-9H2,1-3H3. The number of piperidine rings is 1. The molecule has 3 heteroatoms. The number of hydrogen-bond acceptors (Lipinski definition) is 2. The molecular formula is C12H22BrNO. The molecule has 0 aliphatic carbocycles. The third-order valence-electron chi connectivity index (χ3n) is 3.23. The Labute approximate surface area is 102 Å². The van der Waals surface area contributed by atoms with Gasteiger partial charge in [-0.1, -0.05) is 15.9 Å². The highest BCUT2D eigenvalue weighted by atomic mass is 79.9. The van der Waals surface area contributed by atoms with Crippen molar-refractivity contribution in [1.29, 1.82) is 0 Å². The van der Waals surface area contributed by atoms with E-state index in [1.807, 2.05) is 0 Å². The highest BCUT2D eigenvalue weighted by Crippen LogP contribution is 2.25. The summed E-state index contributed by atoms with van der Waals surface area (Å²) in [5.41, 5.74) is 0.282. The van der Waals surface area contributed by atoms with Gasteiger partial charge in [0.2, 0.25) is 0 Å². The molecule has 2 nitrogen and oxygen atoms in total. The number of alkyl halides is 1. The molecule has 0 aromatic heterocycles. The number of carbonyl (C=O) groups excluding carboxylic acids is 1. The molecule has 1 aliphatic rings. The summed E-state index contributed by atoms with van der Waals surface area (Å²) < 4.78 is 0. The minimum Gasteiger partial charge on any atom is -0.299 e. The fraction of sp³-hybridized carbons (Fsp3) is 0.917. The summed E-state index contributed by atoms with van der Waals surface area (Å²) >= 11 is 3.23. The molecule has 1 heterocycles. The number of halogens is 1. The van der Waals surface area contributed by atoms with Crippen LogP contribution in [-0.4, -0.2) is 34.6 Å². The SMILES string of the molecule is CC(C)(C)N1CCC(CC(=O)CBr)CC1. The maximum Gasteiger partial charge on any atom is 0.143 e. The van der Waals surface area contributed by atoms with Crippen LogP contribution in [0.5, 0.6) is 0 Å². The fourth-order valence-electron chi connectivity index (χ4n) is 2.18. The zero-order valence-electron chi connectivity index (χ0n) is 10.1. The average Bonchev–Trinajstić information content (AvgIpc) is 2.17. The molecular weight excluding hydrogens is 254 g/mol. The molecule has 88 valence electrons. The fourth-order valence-corrected chi connectivity index (χ4v) is 2.41. The average molecular weight is 276 g/mol. The van der Waals surface area contributed by atoms with Crippen molar-refractivity contribution in [1.82, 2.24) is 4.90 Å². The topological polar surface area (TPSA) is 20.3 Å². The zero-order valence-corrected chi connectivity index (χ0v) is 11.6. The highest BCUT2D eigenvalue weighted by molar-refractivity contribution is 9.09. The van der Waals surface area contributed by atoms with E-state index in [1.165, 1.54) is 12.8 Å². The van der Waals surface area contributed by atoms with E-state index in [1.54, 1.807) is 0 Å². The van der Waals surface area contributed by atoms with E-state index >= 15 is 0 Å². The van der Waals surface area contributed by atoms with Crippen LogP contribution in [-0.2, 0) is 4.79 Å². The largest absolute Gasteiger partial charge is 0.299 e. The quantitative estimate of drug-likeness (QED) is 0.739. The van der Waals surface area contributed by atoms with Crippen LogP contribution >= 0.6 is 15.9 Å². The molecule has 1 rings (SSSR count). The highest BCUT2D eigenvalue weighted by Gasteiger charge is 2.27. The predicted octanol–water partition coefficient (Wildman–Crippen LogP) is 2.85. The molecule has 0 spiro atoms. The van der Waals surface area contributed by atoms with E-state index in [9.17, 15) is 4.79 Å². The van der Waals surface area contributed by atoms with Crippen LogP contribution in [0, 0.1) is 5.92 Å². The van der Waals surface area contributed by atoms with Crippen molar-refractivity contribution in [2.45, 2.75) is 45.6 Å². The second-order valence-electron chi connectivity index (χ2n) is 5.48. The molecule has 1 saturated heterocycles. The Kier molecular flexibility index (Phi) is 4.78. The van der Waals surface area contributed by atoms with E-state index in [-0.39, 0.29) is 5.54 Å². The first-order valence-corrected chi connectivity index (χ1v) is 6.88. The first-order valence-electron chi connectivity index (χ1n) is 5.76. The Bertz CT molecular complexity index is 214. The van der Waals surface area contributed by atoms with Crippen molar-refractivity contribution in [2.24, 2.45) is 5.92 Å². The van der Waals surface area contributed by atoms with E-state index in [0.717, 1.165) is 19.5 Å². The van der Waals surface area contributed by atoms with Crippen molar-refractivity contribution < 1.29 is 4.79 Å². The Morgan fingerprint density at radius 2 is 1.87 bits per heavy atom. The summed E-state index contributed by atoms with van der Waals surface area (Å²) in [7, 11) is 0. The lowest BCUT2D eigenvalue weighted by molar-refractivity contribution is -0.117. The van der Waals surface area contributed by atoms with Gasteiger partial charge in [-0.25, -0.2) is 0 Å². The van der Waals surface area contributed by atoms with E-state index in [4.69, 9.17) is 0 Å². The van der Waals surface area contributed by atoms with Crippen LogP contribution in [0.25, 0.3) is 0 Å². The summed E-state index contributed by atoms with van der Waals surface area (Å²) in [4.78, 5) is 13.8. The second kappa shape index (κ2) is 5.44. The molecule has 0 radical (unpaired) electrons. The van der Waals surface area contributed by atoms with Gasteiger partial charge in [0.25, 0.3) is 0 Å². The third kappa shape index (κ3) is 4.23. The third-order valence-corrected chi connectivity index (χ3v) is 3.85. The van der Waals surface area contributed by atoms with Crippen LogP contribution < -0.4 is 0 Å². The number of Topliss-reactive ketones (excluding diaryl/α,β-unsaturated/α-hetero) is 1. The molecule has 0 unspecified atom stereocenters. The summed E-state index contributed by atoms with van der Waals surface area (Å²) in [6.07, 6.45) is 3.12. The lowest BCUT2D eigenvalue weighted by Crippen LogP contribution is -2.46. The van der Waals surface area contributed by atoms with Crippen LogP contribution in [0.1, 0.15) is 40.0 Å². The van der Waals surface area contributed by atoms with Crippen LogP contribution in [0.2, 0.25) is 0 Å². The van der Waals surface area contributed by atoms with Crippen molar-refractivity contribution in [2.75, 3.05) is 18.4 Å². The summed E-state index contributed by atoms with van der Waals surface area (Å²) in [6, 6.07) is 0. The molecule has 0 atom stereocenters. The van der Waals surface area contributed by atoms with Crippen molar-refractivity contribution in [3.8, 4) is 0 Å². The summed E-state index contributed by atoms with van der Waals surface area (Å²) in [5.74, 6) is 0.970. The van der Waals surface area contributed by atoms with E-state index < -0.39 is 0 Å². The predicted molar refractivity (Wildman–Crippen MR) is 67.5 cm³/mol. The Morgan fingerprint density at radius 3 is 2.27 bits per heavy atom. The van der Waals surface area contributed by atoms with Gasteiger partial charge in [0.05, 0.1) is 5.33 Å². The molecule has 0 aromatic rings. The summed E-state index contributed by atoms with van der Waals surface area (Å²) in [5, 5.41) is 0.520. The van der Waals surface area contributed by atoms with Crippen molar-refractivity contribution in [3.05, 3.63) is 0 Å². The Balaban J connectivity index is 2.33. The number of carbonyl (C=O) groups is 1. The lowest BCUT2D eigenvalue weighted by Gasteiger charge is -2.40.